The molecular formula is C22H34O2. The summed E-state index contributed by atoms with van der Waals surface area (Å²) in [5.41, 5.74) is 2.56. The SMILES string of the molecule is CC.CC.CCOCOc1ccc(C(C)(C)c2ccccc2)cc1. The van der Waals surface area contributed by atoms with Crippen LogP contribution in [0.3, 0.4) is 0 Å². The summed E-state index contributed by atoms with van der Waals surface area (Å²) < 4.78 is 10.7. The molecule has 0 aliphatic heterocycles. The third kappa shape index (κ3) is 6.76. The van der Waals surface area contributed by atoms with Crippen molar-refractivity contribution in [1.29, 1.82) is 0 Å². The standard InChI is InChI=1S/C18H22O2.2C2H6/c1-4-19-14-20-17-12-10-16(11-13-17)18(2,3)15-8-6-5-7-9-15;2*1-2/h5-13H,4,14H2,1-3H3;2*1-2H3. The normalized spacial score (nSPS) is 9.96. The summed E-state index contributed by atoms with van der Waals surface area (Å²) >= 11 is 0. The molecule has 0 unspecified atom stereocenters. The first-order valence-electron chi connectivity index (χ1n) is 9.01. The number of hydrogen-bond acceptors (Lipinski definition) is 2. The van der Waals surface area contributed by atoms with Gasteiger partial charge in [-0.25, -0.2) is 0 Å². The predicted molar refractivity (Wildman–Crippen MR) is 105 cm³/mol. The largest absolute Gasteiger partial charge is 0.468 e. The Morgan fingerprint density at radius 2 is 1.25 bits per heavy atom. The highest BCUT2D eigenvalue weighted by Crippen LogP contribution is 2.32. The molecule has 24 heavy (non-hydrogen) atoms. The van der Waals surface area contributed by atoms with Gasteiger partial charge in [0.25, 0.3) is 0 Å². The van der Waals surface area contributed by atoms with Crippen molar-refractivity contribution in [3.8, 4) is 5.75 Å². The first kappa shape index (κ1) is 22.2. The van der Waals surface area contributed by atoms with Crippen molar-refractivity contribution in [3.63, 3.8) is 0 Å². The molecule has 0 radical (unpaired) electrons. The van der Waals surface area contributed by atoms with Crippen molar-refractivity contribution in [2.24, 2.45) is 0 Å². The molecule has 0 heterocycles. The molecule has 0 saturated heterocycles. The summed E-state index contributed by atoms with van der Waals surface area (Å²) in [6.07, 6.45) is 0. The molecule has 0 aromatic heterocycles. The molecular weight excluding hydrogens is 296 g/mol. The van der Waals surface area contributed by atoms with Crippen LogP contribution >= 0.6 is 0 Å². The quantitative estimate of drug-likeness (QED) is 0.448. The van der Waals surface area contributed by atoms with E-state index in [9.17, 15) is 0 Å². The third-order valence-electron chi connectivity index (χ3n) is 3.58. The second-order valence-corrected chi connectivity index (χ2v) is 5.27. The molecule has 0 aliphatic rings. The van der Waals surface area contributed by atoms with E-state index in [2.05, 4.69) is 50.2 Å². The maximum Gasteiger partial charge on any atom is 0.189 e. The highest BCUT2D eigenvalue weighted by molar-refractivity contribution is 5.39. The van der Waals surface area contributed by atoms with Crippen LogP contribution in [0.4, 0.5) is 0 Å². The Bertz CT molecular complexity index is 515. The van der Waals surface area contributed by atoms with Gasteiger partial charge < -0.3 is 9.47 Å². The summed E-state index contributed by atoms with van der Waals surface area (Å²) in [5.74, 6) is 0.839. The second kappa shape index (κ2) is 12.6. The van der Waals surface area contributed by atoms with Gasteiger partial charge in [0.2, 0.25) is 0 Å². The lowest BCUT2D eigenvalue weighted by atomic mass is 9.78. The van der Waals surface area contributed by atoms with Crippen LogP contribution in [0.25, 0.3) is 0 Å². The smallest absolute Gasteiger partial charge is 0.189 e. The van der Waals surface area contributed by atoms with Crippen molar-refractivity contribution in [2.75, 3.05) is 13.4 Å². The molecule has 0 atom stereocenters. The molecule has 2 nitrogen and oxygen atoms in total. The van der Waals surface area contributed by atoms with Crippen LogP contribution in [-0.2, 0) is 10.2 Å². The summed E-state index contributed by atoms with van der Waals surface area (Å²) in [5, 5.41) is 0. The zero-order valence-corrected chi connectivity index (χ0v) is 16.4. The molecule has 0 saturated carbocycles. The van der Waals surface area contributed by atoms with Crippen LogP contribution < -0.4 is 4.74 Å². The lowest BCUT2D eigenvalue weighted by molar-refractivity contribution is 0.0224. The van der Waals surface area contributed by atoms with Crippen molar-refractivity contribution >= 4 is 0 Å². The van der Waals surface area contributed by atoms with E-state index in [1.807, 2.05) is 52.8 Å². The highest BCUT2D eigenvalue weighted by atomic mass is 16.7. The topological polar surface area (TPSA) is 18.5 Å². The fraction of sp³-hybridized carbons (Fsp3) is 0.455. The van der Waals surface area contributed by atoms with Gasteiger partial charge in [-0.15, -0.1) is 0 Å². The van der Waals surface area contributed by atoms with Gasteiger partial charge in [0, 0.05) is 12.0 Å². The molecule has 0 fully saturated rings. The van der Waals surface area contributed by atoms with E-state index < -0.39 is 0 Å². The van der Waals surface area contributed by atoms with Crippen LogP contribution in [0.2, 0.25) is 0 Å². The minimum atomic E-state index is -0.0142. The summed E-state index contributed by atoms with van der Waals surface area (Å²) in [7, 11) is 0. The number of rotatable bonds is 6. The van der Waals surface area contributed by atoms with Crippen molar-refractivity contribution in [2.45, 2.75) is 53.9 Å². The number of ether oxygens (including phenoxy) is 2. The average Bonchev–Trinajstić information content (AvgIpc) is 2.66. The van der Waals surface area contributed by atoms with Gasteiger partial charge in [0.15, 0.2) is 6.79 Å². The van der Waals surface area contributed by atoms with Gasteiger partial charge in [0.1, 0.15) is 5.75 Å². The zero-order chi connectivity index (χ0) is 18.4. The Morgan fingerprint density at radius 3 is 1.75 bits per heavy atom. The van der Waals surface area contributed by atoms with Gasteiger partial charge in [-0.3, -0.25) is 0 Å². The van der Waals surface area contributed by atoms with Crippen molar-refractivity contribution in [1.82, 2.24) is 0 Å². The molecule has 2 heteroatoms. The zero-order valence-electron chi connectivity index (χ0n) is 16.4. The van der Waals surface area contributed by atoms with Gasteiger partial charge >= 0.3 is 0 Å². The molecule has 2 aromatic rings. The summed E-state index contributed by atoms with van der Waals surface area (Å²) in [6, 6.07) is 18.8. The Kier molecular flexibility index (Phi) is 11.7. The summed E-state index contributed by atoms with van der Waals surface area (Å²) in [6.45, 7) is 15.4. The Morgan fingerprint density at radius 1 is 0.750 bits per heavy atom. The maximum absolute atomic E-state index is 5.50. The van der Waals surface area contributed by atoms with Crippen molar-refractivity contribution < 1.29 is 9.47 Å². The second-order valence-electron chi connectivity index (χ2n) is 5.27. The fourth-order valence-corrected chi connectivity index (χ4v) is 2.18. The van der Waals surface area contributed by atoms with E-state index in [4.69, 9.17) is 9.47 Å². The monoisotopic (exact) mass is 330 g/mol. The predicted octanol–water partition coefficient (Wildman–Crippen LogP) is 6.44. The lowest BCUT2D eigenvalue weighted by Gasteiger charge is -2.26. The van der Waals surface area contributed by atoms with E-state index in [0.29, 0.717) is 13.4 Å². The Hall–Kier alpha value is -1.80. The van der Waals surface area contributed by atoms with Crippen LogP contribution in [-0.4, -0.2) is 13.4 Å². The molecule has 0 N–H and O–H groups in total. The third-order valence-corrected chi connectivity index (χ3v) is 3.58. The van der Waals surface area contributed by atoms with Crippen LogP contribution in [0.1, 0.15) is 59.6 Å². The molecule has 2 rings (SSSR count). The molecule has 0 bridgehead atoms. The molecule has 134 valence electrons. The highest BCUT2D eigenvalue weighted by Gasteiger charge is 2.22. The maximum atomic E-state index is 5.50. The summed E-state index contributed by atoms with van der Waals surface area (Å²) in [4.78, 5) is 0. The van der Waals surface area contributed by atoms with E-state index in [1.54, 1.807) is 0 Å². The van der Waals surface area contributed by atoms with Crippen LogP contribution in [0, 0.1) is 0 Å². The molecule has 0 spiro atoms. The van der Waals surface area contributed by atoms with Crippen LogP contribution in [0.15, 0.2) is 54.6 Å². The minimum Gasteiger partial charge on any atom is -0.468 e. The molecule has 0 aliphatic carbocycles. The first-order valence-corrected chi connectivity index (χ1v) is 9.01. The Labute approximate surface area is 148 Å². The molecule has 2 aromatic carbocycles. The fourth-order valence-electron chi connectivity index (χ4n) is 2.18. The van der Waals surface area contributed by atoms with Crippen LogP contribution in [0.5, 0.6) is 5.75 Å². The lowest BCUT2D eigenvalue weighted by Crippen LogP contribution is -2.18. The van der Waals surface area contributed by atoms with E-state index >= 15 is 0 Å². The average molecular weight is 331 g/mol. The van der Waals surface area contributed by atoms with Gasteiger partial charge in [0.05, 0.1) is 0 Å². The first-order chi connectivity index (χ1) is 11.6. The number of benzene rings is 2. The Balaban J connectivity index is 0.00000123. The van der Waals surface area contributed by atoms with E-state index in [-0.39, 0.29) is 5.41 Å². The number of hydrogen-bond donors (Lipinski definition) is 0. The minimum absolute atomic E-state index is 0.0142. The van der Waals surface area contributed by atoms with Gasteiger partial charge in [-0.2, -0.15) is 0 Å². The molecule has 0 amide bonds. The van der Waals surface area contributed by atoms with E-state index in [1.165, 1.54) is 11.1 Å². The van der Waals surface area contributed by atoms with Gasteiger partial charge in [-0.1, -0.05) is 84.0 Å². The van der Waals surface area contributed by atoms with Crippen molar-refractivity contribution in [3.05, 3.63) is 65.7 Å². The van der Waals surface area contributed by atoms with E-state index in [0.717, 1.165) is 5.75 Å². The van der Waals surface area contributed by atoms with Gasteiger partial charge in [-0.05, 0) is 30.2 Å².